The van der Waals surface area contributed by atoms with Gasteiger partial charge >= 0.3 is 0 Å². The molecule has 1 aromatic rings. The van der Waals surface area contributed by atoms with E-state index in [4.69, 9.17) is 0 Å². The second-order valence-corrected chi connectivity index (χ2v) is 6.08. The van der Waals surface area contributed by atoms with E-state index in [9.17, 15) is 0 Å². The molecule has 19 heavy (non-hydrogen) atoms. The maximum absolute atomic E-state index is 3.72. The van der Waals surface area contributed by atoms with Crippen LogP contribution in [0.25, 0.3) is 0 Å². The zero-order chi connectivity index (χ0) is 13.9. The number of hydrogen-bond acceptors (Lipinski definition) is 2. The first kappa shape index (κ1) is 14.4. The predicted molar refractivity (Wildman–Crippen MR) is 84.1 cm³/mol. The number of rotatable bonds is 4. The minimum absolute atomic E-state index is 0.301. The fourth-order valence-corrected chi connectivity index (χ4v) is 2.97. The molecule has 2 nitrogen and oxygen atoms in total. The molecule has 0 radical (unpaired) electrons. The molecule has 0 unspecified atom stereocenters. The standard InChI is InChI=1S/C17H28N2/c1-5-17(6-2)13-19(12-11-18-17)16-9-7-15(8-10-16)14(3)4/h7-10,14,18H,5-6,11-13H2,1-4H3. The van der Waals surface area contributed by atoms with Crippen LogP contribution < -0.4 is 10.2 Å². The summed E-state index contributed by atoms with van der Waals surface area (Å²) in [5.74, 6) is 0.613. The Bertz CT molecular complexity index is 390. The van der Waals surface area contributed by atoms with Crippen LogP contribution in [0.4, 0.5) is 5.69 Å². The van der Waals surface area contributed by atoms with Crippen molar-refractivity contribution in [3.05, 3.63) is 29.8 Å². The molecule has 0 bridgehead atoms. The lowest BCUT2D eigenvalue weighted by atomic mass is 9.90. The molecule has 1 aliphatic rings. The second-order valence-electron chi connectivity index (χ2n) is 6.08. The van der Waals surface area contributed by atoms with Gasteiger partial charge in [-0.15, -0.1) is 0 Å². The SMILES string of the molecule is CCC1(CC)CN(c2ccc(C(C)C)cc2)CCN1. The molecule has 1 N–H and O–H groups in total. The maximum atomic E-state index is 3.72. The van der Waals surface area contributed by atoms with Gasteiger partial charge in [0, 0.05) is 30.9 Å². The highest BCUT2D eigenvalue weighted by molar-refractivity contribution is 5.49. The van der Waals surface area contributed by atoms with Crippen molar-refractivity contribution >= 4 is 5.69 Å². The summed E-state index contributed by atoms with van der Waals surface area (Å²) in [5, 5.41) is 3.72. The third kappa shape index (κ3) is 3.11. The van der Waals surface area contributed by atoms with Gasteiger partial charge in [-0.05, 0) is 36.5 Å². The van der Waals surface area contributed by atoms with Crippen molar-refractivity contribution in [1.29, 1.82) is 0 Å². The van der Waals surface area contributed by atoms with Gasteiger partial charge in [-0.1, -0.05) is 39.8 Å². The molecule has 1 saturated heterocycles. The van der Waals surface area contributed by atoms with Crippen molar-refractivity contribution in [2.24, 2.45) is 0 Å². The van der Waals surface area contributed by atoms with Crippen LogP contribution in [0.1, 0.15) is 52.0 Å². The average Bonchev–Trinajstić information content (AvgIpc) is 2.47. The van der Waals surface area contributed by atoms with Gasteiger partial charge in [-0.25, -0.2) is 0 Å². The first-order valence-corrected chi connectivity index (χ1v) is 7.70. The highest BCUT2D eigenvalue weighted by Gasteiger charge is 2.31. The van der Waals surface area contributed by atoms with E-state index in [0.29, 0.717) is 11.5 Å². The summed E-state index contributed by atoms with van der Waals surface area (Å²) >= 11 is 0. The zero-order valence-corrected chi connectivity index (χ0v) is 12.9. The largest absolute Gasteiger partial charge is 0.368 e. The van der Waals surface area contributed by atoms with Gasteiger partial charge in [0.1, 0.15) is 0 Å². The Morgan fingerprint density at radius 2 is 1.79 bits per heavy atom. The van der Waals surface area contributed by atoms with Crippen LogP contribution in [0.15, 0.2) is 24.3 Å². The molecule has 1 aliphatic heterocycles. The smallest absolute Gasteiger partial charge is 0.0367 e. The Morgan fingerprint density at radius 3 is 2.32 bits per heavy atom. The third-order valence-corrected chi connectivity index (χ3v) is 4.65. The number of piperazine rings is 1. The van der Waals surface area contributed by atoms with E-state index in [2.05, 4.69) is 62.2 Å². The molecular formula is C17H28N2. The molecule has 106 valence electrons. The topological polar surface area (TPSA) is 15.3 Å². The second kappa shape index (κ2) is 5.96. The van der Waals surface area contributed by atoms with Crippen LogP contribution in [-0.4, -0.2) is 25.2 Å². The zero-order valence-electron chi connectivity index (χ0n) is 12.9. The molecule has 2 rings (SSSR count). The summed E-state index contributed by atoms with van der Waals surface area (Å²) in [6, 6.07) is 9.14. The first-order chi connectivity index (χ1) is 9.10. The van der Waals surface area contributed by atoms with E-state index in [0.717, 1.165) is 19.6 Å². The molecular weight excluding hydrogens is 232 g/mol. The van der Waals surface area contributed by atoms with Crippen molar-refractivity contribution in [3.8, 4) is 0 Å². The Morgan fingerprint density at radius 1 is 1.16 bits per heavy atom. The van der Waals surface area contributed by atoms with E-state index in [1.165, 1.54) is 24.1 Å². The number of anilines is 1. The summed E-state index contributed by atoms with van der Waals surface area (Å²) in [5.41, 5.74) is 3.10. The molecule has 1 fully saturated rings. The number of benzene rings is 1. The Hall–Kier alpha value is -1.02. The minimum Gasteiger partial charge on any atom is -0.368 e. The van der Waals surface area contributed by atoms with E-state index >= 15 is 0 Å². The minimum atomic E-state index is 0.301. The third-order valence-electron chi connectivity index (χ3n) is 4.65. The van der Waals surface area contributed by atoms with E-state index in [-0.39, 0.29) is 0 Å². The highest BCUT2D eigenvalue weighted by atomic mass is 15.2. The molecule has 1 heterocycles. The predicted octanol–water partition coefficient (Wildman–Crippen LogP) is 3.78. The van der Waals surface area contributed by atoms with Gasteiger partial charge in [0.15, 0.2) is 0 Å². The van der Waals surface area contributed by atoms with Crippen LogP contribution in [0.5, 0.6) is 0 Å². The molecule has 0 saturated carbocycles. The molecule has 0 aromatic heterocycles. The fourth-order valence-electron chi connectivity index (χ4n) is 2.97. The van der Waals surface area contributed by atoms with Crippen molar-refractivity contribution < 1.29 is 0 Å². The summed E-state index contributed by atoms with van der Waals surface area (Å²) in [4.78, 5) is 2.54. The van der Waals surface area contributed by atoms with Crippen LogP contribution in [-0.2, 0) is 0 Å². The Kier molecular flexibility index (Phi) is 4.51. The molecule has 0 aliphatic carbocycles. The van der Waals surface area contributed by atoms with Gasteiger partial charge < -0.3 is 10.2 Å². The molecule has 0 atom stereocenters. The number of nitrogens with one attached hydrogen (secondary N) is 1. The summed E-state index contributed by atoms with van der Waals surface area (Å²) < 4.78 is 0. The van der Waals surface area contributed by atoms with Gasteiger partial charge in [-0.3, -0.25) is 0 Å². The lowest BCUT2D eigenvalue weighted by Gasteiger charge is -2.44. The number of hydrogen-bond donors (Lipinski definition) is 1. The van der Waals surface area contributed by atoms with Crippen molar-refractivity contribution in [1.82, 2.24) is 5.32 Å². The normalized spacial score (nSPS) is 18.9. The fraction of sp³-hybridized carbons (Fsp3) is 0.647. The molecule has 0 amide bonds. The van der Waals surface area contributed by atoms with Gasteiger partial charge in [0.25, 0.3) is 0 Å². The molecule has 1 aromatic carbocycles. The Labute approximate surface area is 118 Å². The molecule has 0 spiro atoms. The van der Waals surface area contributed by atoms with E-state index in [1.807, 2.05) is 0 Å². The van der Waals surface area contributed by atoms with Crippen molar-refractivity contribution in [3.63, 3.8) is 0 Å². The highest BCUT2D eigenvalue weighted by Crippen LogP contribution is 2.26. The first-order valence-electron chi connectivity index (χ1n) is 7.70. The van der Waals surface area contributed by atoms with Crippen LogP contribution in [0.3, 0.4) is 0 Å². The Balaban J connectivity index is 2.13. The van der Waals surface area contributed by atoms with Gasteiger partial charge in [-0.2, -0.15) is 0 Å². The van der Waals surface area contributed by atoms with Gasteiger partial charge in [0.2, 0.25) is 0 Å². The number of nitrogens with zero attached hydrogens (tertiary/aromatic N) is 1. The monoisotopic (exact) mass is 260 g/mol. The van der Waals surface area contributed by atoms with Crippen LogP contribution in [0.2, 0.25) is 0 Å². The van der Waals surface area contributed by atoms with Crippen molar-refractivity contribution in [2.75, 3.05) is 24.5 Å². The van der Waals surface area contributed by atoms with E-state index in [1.54, 1.807) is 0 Å². The summed E-state index contributed by atoms with van der Waals surface area (Å²) in [6.07, 6.45) is 2.40. The quantitative estimate of drug-likeness (QED) is 0.886. The summed E-state index contributed by atoms with van der Waals surface area (Å²) in [7, 11) is 0. The van der Waals surface area contributed by atoms with Gasteiger partial charge in [0.05, 0.1) is 0 Å². The van der Waals surface area contributed by atoms with Crippen LogP contribution >= 0.6 is 0 Å². The van der Waals surface area contributed by atoms with Crippen molar-refractivity contribution in [2.45, 2.75) is 52.0 Å². The molecule has 2 heteroatoms. The maximum Gasteiger partial charge on any atom is 0.0367 e. The van der Waals surface area contributed by atoms with E-state index < -0.39 is 0 Å². The van der Waals surface area contributed by atoms with Crippen LogP contribution in [0, 0.1) is 0 Å². The lowest BCUT2D eigenvalue weighted by Crippen LogP contribution is -2.60. The average molecular weight is 260 g/mol. The summed E-state index contributed by atoms with van der Waals surface area (Å²) in [6.45, 7) is 12.4. The lowest BCUT2D eigenvalue weighted by molar-refractivity contribution is 0.277.